The topological polar surface area (TPSA) is 24.6 Å². The molecule has 0 aliphatic carbocycles. The lowest BCUT2D eigenvalue weighted by Crippen LogP contribution is -2.61. The summed E-state index contributed by atoms with van der Waals surface area (Å²) in [5, 5.41) is 3.35. The van der Waals surface area contributed by atoms with E-state index in [2.05, 4.69) is 113 Å². The fraction of sp³-hybridized carbons (Fsp3) is 0.0256. The number of benzene rings is 6. The number of rotatable bonds is 2. The third-order valence-corrected chi connectivity index (χ3v) is 9.60. The smallest absolute Gasteiger partial charge is 0.252 e. The van der Waals surface area contributed by atoms with Gasteiger partial charge in [-0.3, -0.25) is 0 Å². The first-order valence-corrected chi connectivity index (χ1v) is 15.2. The Morgan fingerprint density at radius 1 is 0.578 bits per heavy atom. The molecule has 6 aromatic carbocycles. The van der Waals surface area contributed by atoms with E-state index in [0.717, 1.165) is 72.2 Å². The van der Waals surface area contributed by atoms with Crippen molar-refractivity contribution in [2.24, 2.45) is 7.05 Å². The first kappa shape index (κ1) is 24.7. The Kier molecular flexibility index (Phi) is 4.88. The van der Waals surface area contributed by atoms with E-state index in [-0.39, 0.29) is 12.5 Å². The summed E-state index contributed by atoms with van der Waals surface area (Å²) < 4.78 is 24.4. The van der Waals surface area contributed by atoms with Crippen LogP contribution in [0.15, 0.2) is 138 Å². The van der Waals surface area contributed by atoms with Crippen LogP contribution in [0.4, 0.5) is 38.5 Å². The third-order valence-electron chi connectivity index (χ3n) is 9.60. The van der Waals surface area contributed by atoms with Crippen LogP contribution in [0.2, 0.25) is 0 Å². The molecule has 2 aliphatic rings. The van der Waals surface area contributed by atoms with Crippen LogP contribution in [0.25, 0.3) is 32.8 Å². The summed E-state index contributed by atoms with van der Waals surface area (Å²) in [6, 6.07) is 43.4. The van der Waals surface area contributed by atoms with E-state index in [0.29, 0.717) is 5.69 Å². The maximum Gasteiger partial charge on any atom is 0.252 e. The summed E-state index contributed by atoms with van der Waals surface area (Å²) in [7, 11) is 2.06. The van der Waals surface area contributed by atoms with Crippen molar-refractivity contribution in [2.45, 2.75) is 0 Å². The predicted molar refractivity (Wildman–Crippen MR) is 184 cm³/mol. The van der Waals surface area contributed by atoms with Crippen LogP contribution in [-0.2, 0) is 7.05 Å². The Morgan fingerprint density at radius 2 is 1.29 bits per heavy atom. The Bertz CT molecular complexity index is 2500. The zero-order valence-electron chi connectivity index (χ0n) is 24.4. The van der Waals surface area contributed by atoms with Crippen LogP contribution in [-0.4, -0.2) is 11.3 Å². The van der Waals surface area contributed by atoms with E-state index in [1.54, 1.807) is 12.1 Å². The molecule has 6 heteroatoms. The molecule has 212 valence electrons. The second-order valence-corrected chi connectivity index (χ2v) is 12.0. The standard InChI is InChI=1S/C39H25BFN3O/c1-42-19-18-24-20-28-35(22-34(24)42)44(31-14-7-6-13-30(31)41)33-16-9-15-32-39(33)40(28)29-21-27-26-12-5-8-17-37(26)45-38(27)23-36(29)43(32)25-10-3-2-4-11-25/h2-23H,1H3. The number of fused-ring (bicyclic) bond motifs is 8. The minimum atomic E-state index is -0.255. The maximum absolute atomic E-state index is 15.8. The molecular formula is C39H25BFN3O. The molecule has 0 atom stereocenters. The highest BCUT2D eigenvalue weighted by Crippen LogP contribution is 2.46. The molecule has 10 rings (SSSR count). The van der Waals surface area contributed by atoms with E-state index in [9.17, 15) is 0 Å². The highest BCUT2D eigenvalue weighted by atomic mass is 19.1. The molecule has 0 saturated heterocycles. The van der Waals surface area contributed by atoms with Crippen molar-refractivity contribution in [3.63, 3.8) is 0 Å². The van der Waals surface area contributed by atoms with Gasteiger partial charge in [-0.05, 0) is 76.4 Å². The predicted octanol–water partition coefficient (Wildman–Crippen LogP) is 8.30. The summed E-state index contributed by atoms with van der Waals surface area (Å²) in [6.45, 7) is -0.0770. The fourth-order valence-electron chi connectivity index (χ4n) is 7.66. The van der Waals surface area contributed by atoms with Crippen molar-refractivity contribution in [1.29, 1.82) is 0 Å². The summed E-state index contributed by atoms with van der Waals surface area (Å²) >= 11 is 0. The third kappa shape index (κ3) is 3.31. The average molecular weight is 581 g/mol. The van der Waals surface area contributed by atoms with E-state index in [1.807, 2.05) is 30.3 Å². The molecule has 0 unspecified atom stereocenters. The van der Waals surface area contributed by atoms with Crippen molar-refractivity contribution in [3.8, 4) is 0 Å². The van der Waals surface area contributed by atoms with Gasteiger partial charge in [0.25, 0.3) is 6.71 Å². The van der Waals surface area contributed by atoms with Crippen LogP contribution < -0.4 is 26.2 Å². The van der Waals surface area contributed by atoms with E-state index in [1.165, 1.54) is 5.46 Å². The molecule has 4 nitrogen and oxygen atoms in total. The molecule has 2 aliphatic heterocycles. The lowest BCUT2D eigenvalue weighted by Gasteiger charge is -2.44. The maximum atomic E-state index is 15.8. The quantitative estimate of drug-likeness (QED) is 0.192. The van der Waals surface area contributed by atoms with Gasteiger partial charge in [-0.15, -0.1) is 0 Å². The lowest BCUT2D eigenvalue weighted by molar-refractivity contribution is 0.629. The Labute approximate surface area is 259 Å². The lowest BCUT2D eigenvalue weighted by atomic mass is 9.33. The first-order valence-electron chi connectivity index (χ1n) is 15.2. The van der Waals surface area contributed by atoms with Crippen LogP contribution in [0, 0.1) is 5.82 Å². The molecule has 2 aromatic heterocycles. The van der Waals surface area contributed by atoms with Crippen LogP contribution in [0.1, 0.15) is 0 Å². The second-order valence-electron chi connectivity index (χ2n) is 12.0. The summed E-state index contributed by atoms with van der Waals surface area (Å²) in [4.78, 5) is 4.45. The number of furan rings is 1. The van der Waals surface area contributed by atoms with E-state index >= 15 is 4.39 Å². The monoisotopic (exact) mass is 581 g/mol. The van der Waals surface area contributed by atoms with Gasteiger partial charge in [0, 0.05) is 64.0 Å². The Hall–Kier alpha value is -5.75. The van der Waals surface area contributed by atoms with Crippen molar-refractivity contribution in [1.82, 2.24) is 4.57 Å². The molecule has 0 N–H and O–H groups in total. The number of halogens is 1. The molecule has 0 saturated carbocycles. The number of anilines is 6. The Morgan fingerprint density at radius 3 is 2.16 bits per heavy atom. The molecular weight excluding hydrogens is 556 g/mol. The summed E-state index contributed by atoms with van der Waals surface area (Å²) in [6.07, 6.45) is 2.09. The van der Waals surface area contributed by atoms with Gasteiger partial charge in [-0.25, -0.2) is 4.39 Å². The van der Waals surface area contributed by atoms with Gasteiger partial charge in [0.15, 0.2) is 0 Å². The van der Waals surface area contributed by atoms with Gasteiger partial charge in [-0.1, -0.05) is 66.7 Å². The van der Waals surface area contributed by atoms with Crippen molar-refractivity contribution in [2.75, 3.05) is 9.80 Å². The second kappa shape index (κ2) is 8.90. The van der Waals surface area contributed by atoms with Crippen molar-refractivity contribution < 1.29 is 8.81 Å². The van der Waals surface area contributed by atoms with Gasteiger partial charge >= 0.3 is 0 Å². The molecule has 0 amide bonds. The van der Waals surface area contributed by atoms with Gasteiger partial charge in [0.2, 0.25) is 0 Å². The average Bonchev–Trinajstić information content (AvgIpc) is 3.63. The van der Waals surface area contributed by atoms with Gasteiger partial charge in [0.1, 0.15) is 17.0 Å². The SMILES string of the molecule is Cn1ccc2cc3c(cc21)N(c1ccccc1F)c1cccc2c1B3c1cc3c(cc1N2c1ccccc1)oc1ccccc13. The largest absolute Gasteiger partial charge is 0.456 e. The van der Waals surface area contributed by atoms with Gasteiger partial charge in [-0.2, -0.15) is 0 Å². The number of aromatic nitrogens is 1. The van der Waals surface area contributed by atoms with Crippen LogP contribution >= 0.6 is 0 Å². The highest BCUT2D eigenvalue weighted by molar-refractivity contribution is 7.00. The van der Waals surface area contributed by atoms with Crippen molar-refractivity contribution in [3.05, 3.63) is 139 Å². The number of nitrogens with zero attached hydrogens (tertiary/aromatic N) is 3. The number of hydrogen-bond acceptors (Lipinski definition) is 3. The zero-order valence-corrected chi connectivity index (χ0v) is 24.4. The molecule has 8 aromatic rings. The Balaban J connectivity index is 1.37. The van der Waals surface area contributed by atoms with Crippen LogP contribution in [0.5, 0.6) is 0 Å². The van der Waals surface area contributed by atoms with Crippen LogP contribution in [0.3, 0.4) is 0 Å². The highest BCUT2D eigenvalue weighted by Gasteiger charge is 2.44. The van der Waals surface area contributed by atoms with E-state index in [4.69, 9.17) is 4.42 Å². The molecule has 0 fully saturated rings. The number of para-hydroxylation sites is 3. The molecule has 4 heterocycles. The summed E-state index contributed by atoms with van der Waals surface area (Å²) in [5.41, 5.74) is 12.1. The van der Waals surface area contributed by atoms with Gasteiger partial charge < -0.3 is 18.8 Å². The number of hydrogen-bond donors (Lipinski definition) is 0. The minimum Gasteiger partial charge on any atom is -0.456 e. The normalized spacial score (nSPS) is 13.4. The van der Waals surface area contributed by atoms with E-state index < -0.39 is 0 Å². The van der Waals surface area contributed by atoms with Gasteiger partial charge in [0.05, 0.1) is 5.69 Å². The molecule has 0 radical (unpaired) electrons. The molecule has 45 heavy (non-hydrogen) atoms. The summed E-state index contributed by atoms with van der Waals surface area (Å²) in [5.74, 6) is -0.255. The molecule has 0 bridgehead atoms. The zero-order chi connectivity index (χ0) is 29.8. The van der Waals surface area contributed by atoms with Crippen molar-refractivity contribution >= 4 is 90.1 Å². The number of aryl methyl sites for hydroxylation is 1. The molecule has 0 spiro atoms. The minimum absolute atomic E-state index is 0.0770. The fourth-order valence-corrected chi connectivity index (χ4v) is 7.66. The first-order chi connectivity index (χ1) is 22.2.